The molecular weight excluding hydrogens is 376 g/mol. The predicted molar refractivity (Wildman–Crippen MR) is 106 cm³/mol. The highest BCUT2D eigenvalue weighted by molar-refractivity contribution is 6.31. The first kappa shape index (κ1) is 19.9. The molecule has 8 heteroatoms. The lowest BCUT2D eigenvalue weighted by atomic mass is 10.1. The van der Waals surface area contributed by atoms with Crippen LogP contribution in [0, 0.1) is 0 Å². The minimum absolute atomic E-state index is 0.0216. The maximum atomic E-state index is 12.7. The van der Waals surface area contributed by atoms with Crippen molar-refractivity contribution < 1.29 is 28.6 Å². The standard InChI is InChI=1S/C21H20N2O6/c1-4-29-21(26)14-6-8-15(9-7-14)23-20(25)16(19(24)22-23)11-13-5-10-17(27-2)18(12-13)28-3/h5-12H,4H2,1-3H3,(H,22,24)/b16-11-. The third-order valence-corrected chi connectivity index (χ3v) is 4.25. The highest BCUT2D eigenvalue weighted by Gasteiger charge is 2.34. The summed E-state index contributed by atoms with van der Waals surface area (Å²) in [6.07, 6.45) is 1.48. The maximum Gasteiger partial charge on any atom is 0.338 e. The van der Waals surface area contributed by atoms with Crippen LogP contribution in [0.1, 0.15) is 22.8 Å². The summed E-state index contributed by atoms with van der Waals surface area (Å²) in [5.41, 5.74) is 3.89. The molecule has 1 fully saturated rings. The summed E-state index contributed by atoms with van der Waals surface area (Å²) < 4.78 is 15.4. The summed E-state index contributed by atoms with van der Waals surface area (Å²) in [5.74, 6) is -0.461. The lowest BCUT2D eigenvalue weighted by Crippen LogP contribution is -2.35. The Kier molecular flexibility index (Phi) is 5.82. The number of methoxy groups -OCH3 is 2. The molecule has 0 aliphatic carbocycles. The lowest BCUT2D eigenvalue weighted by Gasteiger charge is -2.14. The third kappa shape index (κ3) is 4.06. The van der Waals surface area contributed by atoms with E-state index in [0.29, 0.717) is 28.3 Å². The molecule has 2 aromatic carbocycles. The van der Waals surface area contributed by atoms with Crippen molar-refractivity contribution in [3.05, 3.63) is 59.2 Å². The van der Waals surface area contributed by atoms with Crippen LogP contribution in [0.2, 0.25) is 0 Å². The molecule has 29 heavy (non-hydrogen) atoms. The Morgan fingerprint density at radius 1 is 1.03 bits per heavy atom. The van der Waals surface area contributed by atoms with Gasteiger partial charge in [-0.2, -0.15) is 0 Å². The second-order valence-corrected chi connectivity index (χ2v) is 6.02. The molecule has 1 heterocycles. The molecule has 8 nitrogen and oxygen atoms in total. The van der Waals surface area contributed by atoms with Crippen LogP contribution in [0.15, 0.2) is 48.0 Å². The van der Waals surface area contributed by atoms with Gasteiger partial charge in [-0.3, -0.25) is 15.0 Å². The molecule has 0 bridgehead atoms. The normalized spacial score (nSPS) is 14.7. The van der Waals surface area contributed by atoms with E-state index < -0.39 is 17.8 Å². The fourth-order valence-electron chi connectivity index (χ4n) is 2.81. The molecule has 0 aromatic heterocycles. The summed E-state index contributed by atoms with van der Waals surface area (Å²) in [6, 6.07) is 11.3. The fourth-order valence-corrected chi connectivity index (χ4v) is 2.81. The van der Waals surface area contributed by atoms with Gasteiger partial charge < -0.3 is 14.2 Å². The number of anilines is 1. The third-order valence-electron chi connectivity index (χ3n) is 4.25. The van der Waals surface area contributed by atoms with Crippen LogP contribution in [0.4, 0.5) is 5.69 Å². The van der Waals surface area contributed by atoms with E-state index in [4.69, 9.17) is 14.2 Å². The Bertz CT molecular complexity index is 981. The Labute approximate surface area is 167 Å². The zero-order valence-corrected chi connectivity index (χ0v) is 16.2. The molecule has 2 amide bonds. The van der Waals surface area contributed by atoms with Crippen molar-refractivity contribution in [2.24, 2.45) is 0 Å². The molecule has 2 aromatic rings. The van der Waals surface area contributed by atoms with Crippen LogP contribution in [-0.2, 0) is 14.3 Å². The number of hydrogen-bond donors (Lipinski definition) is 1. The number of benzene rings is 2. The van der Waals surface area contributed by atoms with Gasteiger partial charge in [0.25, 0.3) is 11.8 Å². The van der Waals surface area contributed by atoms with E-state index in [0.717, 1.165) is 5.01 Å². The van der Waals surface area contributed by atoms with Crippen LogP contribution in [0.5, 0.6) is 11.5 Å². The van der Waals surface area contributed by atoms with Crippen molar-refractivity contribution in [3.8, 4) is 11.5 Å². The number of carbonyl (C=O) groups is 3. The molecule has 1 aliphatic rings. The van der Waals surface area contributed by atoms with Crippen molar-refractivity contribution in [2.75, 3.05) is 25.8 Å². The Hall–Kier alpha value is -3.81. The molecule has 1 aliphatic heterocycles. The first-order valence-corrected chi connectivity index (χ1v) is 8.84. The van der Waals surface area contributed by atoms with Gasteiger partial charge in [0.2, 0.25) is 0 Å². The van der Waals surface area contributed by atoms with Crippen LogP contribution in [0.25, 0.3) is 6.08 Å². The van der Waals surface area contributed by atoms with Crippen molar-refractivity contribution >= 4 is 29.5 Å². The highest BCUT2D eigenvalue weighted by Crippen LogP contribution is 2.29. The first-order valence-electron chi connectivity index (χ1n) is 8.84. The summed E-state index contributed by atoms with van der Waals surface area (Å²) in [5, 5.41) is 1.13. The second-order valence-electron chi connectivity index (χ2n) is 6.02. The molecule has 1 N–H and O–H groups in total. The predicted octanol–water partition coefficient (Wildman–Crippen LogP) is 2.34. The van der Waals surface area contributed by atoms with E-state index >= 15 is 0 Å². The summed E-state index contributed by atoms with van der Waals surface area (Å²) in [4.78, 5) is 36.8. The van der Waals surface area contributed by atoms with Crippen LogP contribution in [0.3, 0.4) is 0 Å². The number of nitrogens with zero attached hydrogens (tertiary/aromatic N) is 1. The molecule has 0 atom stereocenters. The highest BCUT2D eigenvalue weighted by atomic mass is 16.5. The summed E-state index contributed by atoms with van der Waals surface area (Å²) >= 11 is 0. The van der Waals surface area contributed by atoms with Crippen molar-refractivity contribution in [3.63, 3.8) is 0 Å². The topological polar surface area (TPSA) is 94.2 Å². The van der Waals surface area contributed by atoms with Gasteiger partial charge in [0.15, 0.2) is 11.5 Å². The molecule has 0 radical (unpaired) electrons. The van der Waals surface area contributed by atoms with Gasteiger partial charge in [0, 0.05) is 0 Å². The molecule has 0 saturated carbocycles. The Morgan fingerprint density at radius 2 is 1.72 bits per heavy atom. The zero-order chi connectivity index (χ0) is 21.0. The van der Waals surface area contributed by atoms with E-state index in [9.17, 15) is 14.4 Å². The van der Waals surface area contributed by atoms with Gasteiger partial charge >= 0.3 is 5.97 Å². The molecule has 0 spiro atoms. The van der Waals surface area contributed by atoms with Gasteiger partial charge in [-0.05, 0) is 55.0 Å². The van der Waals surface area contributed by atoms with Gasteiger partial charge in [0.05, 0.1) is 32.1 Å². The van der Waals surface area contributed by atoms with E-state index in [-0.39, 0.29) is 12.2 Å². The van der Waals surface area contributed by atoms with Crippen LogP contribution < -0.4 is 19.9 Å². The second kappa shape index (κ2) is 8.47. The minimum Gasteiger partial charge on any atom is -0.493 e. The van der Waals surface area contributed by atoms with Gasteiger partial charge in [-0.15, -0.1) is 0 Å². The number of hydrogen-bond acceptors (Lipinski definition) is 6. The molecule has 0 unspecified atom stereocenters. The first-order chi connectivity index (χ1) is 14.0. The summed E-state index contributed by atoms with van der Waals surface area (Å²) in [6.45, 7) is 1.99. The fraction of sp³-hybridized carbons (Fsp3) is 0.190. The van der Waals surface area contributed by atoms with E-state index in [1.807, 2.05) is 0 Å². The van der Waals surface area contributed by atoms with E-state index in [1.165, 1.54) is 32.4 Å². The molecular formula is C21H20N2O6. The van der Waals surface area contributed by atoms with Crippen molar-refractivity contribution in [1.82, 2.24) is 5.43 Å². The SMILES string of the molecule is CCOC(=O)c1ccc(N2NC(=O)/C(=C/c3ccc(OC)c(OC)c3)C2=O)cc1. The minimum atomic E-state index is -0.528. The van der Waals surface area contributed by atoms with E-state index in [2.05, 4.69) is 5.43 Å². The van der Waals surface area contributed by atoms with Gasteiger partial charge in [-0.25, -0.2) is 9.80 Å². The average Bonchev–Trinajstić information content (AvgIpc) is 3.02. The molecule has 1 saturated heterocycles. The quantitative estimate of drug-likeness (QED) is 0.458. The van der Waals surface area contributed by atoms with Crippen molar-refractivity contribution in [2.45, 2.75) is 6.92 Å². The van der Waals surface area contributed by atoms with Gasteiger partial charge in [0.1, 0.15) is 5.57 Å². The molecule has 150 valence electrons. The number of ether oxygens (including phenoxy) is 3. The van der Waals surface area contributed by atoms with E-state index in [1.54, 1.807) is 37.3 Å². The number of rotatable bonds is 6. The van der Waals surface area contributed by atoms with Crippen LogP contribution >= 0.6 is 0 Å². The zero-order valence-electron chi connectivity index (χ0n) is 16.2. The lowest BCUT2D eigenvalue weighted by molar-refractivity contribution is -0.117. The number of carbonyl (C=O) groups excluding carboxylic acids is 3. The summed E-state index contributed by atoms with van der Waals surface area (Å²) in [7, 11) is 3.03. The largest absolute Gasteiger partial charge is 0.493 e. The molecule has 3 rings (SSSR count). The average molecular weight is 396 g/mol. The maximum absolute atomic E-state index is 12.7. The number of hydrazine groups is 1. The van der Waals surface area contributed by atoms with Crippen LogP contribution in [-0.4, -0.2) is 38.6 Å². The number of nitrogens with one attached hydrogen (secondary N) is 1. The monoisotopic (exact) mass is 396 g/mol. The number of esters is 1. The number of amides is 2. The Balaban J connectivity index is 1.84. The van der Waals surface area contributed by atoms with Crippen molar-refractivity contribution in [1.29, 1.82) is 0 Å². The smallest absolute Gasteiger partial charge is 0.338 e. The Morgan fingerprint density at radius 3 is 2.34 bits per heavy atom. The van der Waals surface area contributed by atoms with Gasteiger partial charge in [-0.1, -0.05) is 6.07 Å².